The highest BCUT2D eigenvalue weighted by Gasteiger charge is 2.37. The molecule has 1 heterocycles. The van der Waals surface area contributed by atoms with Gasteiger partial charge in [-0.1, -0.05) is 143 Å². The first-order valence-corrected chi connectivity index (χ1v) is 16.7. The minimum Gasteiger partial charge on any atom is -0.507 e. The normalized spacial score (nSPS) is 11.4. The highest BCUT2D eigenvalue weighted by Crippen LogP contribution is 2.44. The first kappa shape index (κ1) is 41.0. The Bertz CT molecular complexity index is 2270. The van der Waals surface area contributed by atoms with Crippen LogP contribution >= 0.6 is 46.4 Å². The van der Waals surface area contributed by atoms with Crippen LogP contribution in [-0.2, 0) is 10.4 Å². The van der Waals surface area contributed by atoms with Crippen LogP contribution in [0.2, 0.25) is 20.1 Å². The Kier molecular flexibility index (Phi) is 13.5. The average molecular weight is 812 g/mol. The van der Waals surface area contributed by atoms with Crippen molar-refractivity contribution in [2.24, 2.45) is 11.5 Å². The number of nitro benzene ring substituents is 2. The molecule has 0 saturated carbocycles. The van der Waals surface area contributed by atoms with Crippen molar-refractivity contribution in [3.05, 3.63) is 184 Å². The van der Waals surface area contributed by atoms with E-state index in [-0.39, 0.29) is 31.2 Å². The number of hydrogen-bond donors (Lipinski definition) is 4. The number of cyclic esters (lactones) is 2. The third-order valence-corrected chi connectivity index (χ3v) is 9.30. The number of rotatable bonds is 4. The van der Waals surface area contributed by atoms with Crippen LogP contribution in [0.5, 0.6) is 11.5 Å². The fraction of sp³-hybridized carbons (Fsp3) is 0.0270. The standard InChI is InChI=1S/C13H14N2.C10H8O.C8Cl4O3.C6H4N2O5/c14-13(15,11-7-3-1-4-8-11)12-9-5-2-6-10-12;11-10-7-3-5-8-4-1-2-6-9(8)10;9-3-1-2(8(14)15-7(1)13)4(10)6(12)5(3)11;9-6-2-1-4(7(10)11)3-5(6)8(12)13/h1-10H,14-15H2;1-7,11H;;1-3,9H. The summed E-state index contributed by atoms with van der Waals surface area (Å²) in [6, 6.07) is 35.3. The van der Waals surface area contributed by atoms with Gasteiger partial charge < -0.3 is 26.4 Å². The molecule has 17 heteroatoms. The van der Waals surface area contributed by atoms with Gasteiger partial charge in [-0.3, -0.25) is 20.2 Å². The van der Waals surface area contributed by atoms with Gasteiger partial charge in [-0.25, -0.2) is 9.59 Å². The van der Waals surface area contributed by atoms with E-state index in [0.717, 1.165) is 34.0 Å². The summed E-state index contributed by atoms with van der Waals surface area (Å²) >= 11 is 22.9. The van der Waals surface area contributed by atoms with E-state index in [1.165, 1.54) is 0 Å². The molecule has 1 aliphatic rings. The molecule has 7 rings (SSSR count). The molecule has 0 fully saturated rings. The molecule has 54 heavy (non-hydrogen) atoms. The van der Waals surface area contributed by atoms with Crippen LogP contribution in [0, 0.1) is 20.2 Å². The van der Waals surface area contributed by atoms with Crippen molar-refractivity contribution in [3.8, 4) is 11.5 Å². The Hall–Kier alpha value is -5.80. The number of phenols is 2. The van der Waals surface area contributed by atoms with Crippen molar-refractivity contribution in [2.45, 2.75) is 5.66 Å². The molecule has 276 valence electrons. The molecule has 0 spiro atoms. The van der Waals surface area contributed by atoms with Gasteiger partial charge in [-0.05, 0) is 28.6 Å². The lowest BCUT2D eigenvalue weighted by atomic mass is 9.93. The lowest BCUT2D eigenvalue weighted by Gasteiger charge is -2.25. The summed E-state index contributed by atoms with van der Waals surface area (Å²) < 4.78 is 4.34. The summed E-state index contributed by atoms with van der Waals surface area (Å²) in [5.41, 5.74) is 11.8. The Morgan fingerprint density at radius 1 is 0.574 bits per heavy atom. The molecular formula is C37H26Cl4N4O9. The number of carbonyl (C=O) groups is 2. The number of aromatic hydroxyl groups is 2. The van der Waals surface area contributed by atoms with E-state index in [0.29, 0.717) is 11.8 Å². The number of nitrogens with zero attached hydrogens (tertiary/aromatic N) is 2. The highest BCUT2D eigenvalue weighted by atomic mass is 35.5. The molecule has 0 atom stereocenters. The van der Waals surface area contributed by atoms with Gasteiger partial charge in [-0.15, -0.1) is 0 Å². The van der Waals surface area contributed by atoms with Crippen LogP contribution < -0.4 is 11.5 Å². The van der Waals surface area contributed by atoms with Crippen molar-refractivity contribution in [3.63, 3.8) is 0 Å². The predicted molar refractivity (Wildman–Crippen MR) is 205 cm³/mol. The Labute approximate surface area is 326 Å². The SMILES string of the molecule is NC(N)(c1ccccc1)c1ccccc1.O=C1OC(=O)c2c(Cl)c(Cl)c(Cl)c(Cl)c21.O=[N+]([O-])c1ccc(O)c([N+](=O)[O-])c1.Oc1cccc2ccccc12. The van der Waals surface area contributed by atoms with Gasteiger partial charge in [-0.2, -0.15) is 0 Å². The lowest BCUT2D eigenvalue weighted by Crippen LogP contribution is -2.46. The molecule has 0 radical (unpaired) electrons. The maximum Gasteiger partial charge on any atom is 0.348 e. The fourth-order valence-corrected chi connectivity index (χ4v) is 5.78. The van der Waals surface area contributed by atoms with E-state index in [2.05, 4.69) is 4.74 Å². The molecule has 0 aromatic heterocycles. The molecular weight excluding hydrogens is 786 g/mol. The van der Waals surface area contributed by atoms with Crippen LogP contribution in [-0.4, -0.2) is 32.0 Å². The number of non-ortho nitro benzene ring substituents is 1. The van der Waals surface area contributed by atoms with Crippen molar-refractivity contribution in [2.75, 3.05) is 0 Å². The molecule has 0 aliphatic carbocycles. The van der Waals surface area contributed by atoms with E-state index >= 15 is 0 Å². The average Bonchev–Trinajstić information content (AvgIpc) is 3.47. The molecule has 6 aromatic carbocycles. The predicted octanol–water partition coefficient (Wildman–Crippen LogP) is 9.17. The molecule has 0 bridgehead atoms. The molecule has 6 N–H and O–H groups in total. The van der Waals surface area contributed by atoms with Crippen molar-refractivity contribution < 1.29 is 34.4 Å². The molecule has 0 saturated heterocycles. The molecule has 1 aliphatic heterocycles. The summed E-state index contributed by atoms with van der Waals surface area (Å²) in [5.74, 6) is -1.99. The first-order valence-electron chi connectivity index (χ1n) is 15.2. The molecule has 13 nitrogen and oxygen atoms in total. The summed E-state index contributed by atoms with van der Waals surface area (Å²) in [7, 11) is 0. The number of carbonyl (C=O) groups excluding carboxylic acids is 2. The maximum atomic E-state index is 11.2. The number of phenolic OH excluding ortho intramolecular Hbond substituents is 2. The van der Waals surface area contributed by atoms with Crippen LogP contribution in [0.1, 0.15) is 31.8 Å². The largest absolute Gasteiger partial charge is 0.507 e. The zero-order valence-corrected chi connectivity index (χ0v) is 30.4. The van der Waals surface area contributed by atoms with Crippen LogP contribution in [0.25, 0.3) is 10.8 Å². The summed E-state index contributed by atoms with van der Waals surface area (Å²) in [6.07, 6.45) is 0. The number of esters is 2. The van der Waals surface area contributed by atoms with Crippen molar-refractivity contribution >= 4 is 80.5 Å². The number of hydrogen-bond acceptors (Lipinski definition) is 11. The molecule has 0 unspecified atom stereocenters. The van der Waals surface area contributed by atoms with Gasteiger partial charge in [0.2, 0.25) is 0 Å². The van der Waals surface area contributed by atoms with Crippen LogP contribution in [0.3, 0.4) is 0 Å². The lowest BCUT2D eigenvalue weighted by molar-refractivity contribution is -0.394. The zero-order chi connectivity index (χ0) is 39.7. The number of benzene rings is 6. The maximum absolute atomic E-state index is 11.2. The number of halogens is 4. The van der Waals surface area contributed by atoms with E-state index in [9.17, 15) is 34.9 Å². The van der Waals surface area contributed by atoms with Crippen LogP contribution in [0.15, 0.2) is 121 Å². The molecule has 6 aromatic rings. The van der Waals surface area contributed by atoms with Gasteiger partial charge in [0.1, 0.15) is 11.4 Å². The Morgan fingerprint density at radius 2 is 1.04 bits per heavy atom. The van der Waals surface area contributed by atoms with Crippen LogP contribution in [0.4, 0.5) is 11.4 Å². The third kappa shape index (κ3) is 9.40. The topological polar surface area (TPSA) is 222 Å². The minimum atomic E-state index is -0.914. The third-order valence-electron chi connectivity index (χ3n) is 7.50. The van der Waals surface area contributed by atoms with E-state index in [1.54, 1.807) is 6.07 Å². The number of nitro groups is 2. The monoisotopic (exact) mass is 810 g/mol. The fourth-order valence-electron chi connectivity index (χ4n) is 4.78. The highest BCUT2D eigenvalue weighted by molar-refractivity contribution is 6.54. The summed E-state index contributed by atoms with van der Waals surface area (Å²) in [6.45, 7) is 0. The second-order valence-electron chi connectivity index (χ2n) is 11.0. The number of nitrogens with two attached hydrogens (primary N) is 2. The van der Waals surface area contributed by atoms with Gasteiger partial charge in [0, 0.05) is 11.5 Å². The van der Waals surface area contributed by atoms with Crippen molar-refractivity contribution in [1.29, 1.82) is 0 Å². The van der Waals surface area contributed by atoms with E-state index in [1.807, 2.05) is 97.1 Å². The zero-order valence-electron chi connectivity index (χ0n) is 27.4. The minimum absolute atomic E-state index is 0.0752. The number of fused-ring (bicyclic) bond motifs is 2. The van der Waals surface area contributed by atoms with Gasteiger partial charge >= 0.3 is 17.6 Å². The second-order valence-corrected chi connectivity index (χ2v) is 12.5. The second kappa shape index (κ2) is 17.8. The summed E-state index contributed by atoms with van der Waals surface area (Å²) in [5, 5.41) is 40.3. The first-order chi connectivity index (χ1) is 25.6. The Balaban J connectivity index is 0.000000161. The Morgan fingerprint density at radius 3 is 1.50 bits per heavy atom. The van der Waals surface area contributed by atoms with E-state index < -0.39 is 44.6 Å². The number of ether oxygens (including phenoxy) is 1. The van der Waals surface area contributed by atoms with Gasteiger partial charge in [0.05, 0.1) is 47.1 Å². The van der Waals surface area contributed by atoms with E-state index in [4.69, 9.17) is 63.0 Å². The smallest absolute Gasteiger partial charge is 0.348 e. The van der Waals surface area contributed by atoms with Gasteiger partial charge in [0.15, 0.2) is 5.75 Å². The van der Waals surface area contributed by atoms with Gasteiger partial charge in [0.25, 0.3) is 5.69 Å². The summed E-state index contributed by atoms with van der Waals surface area (Å²) in [4.78, 5) is 41.2. The molecule has 0 amide bonds. The quantitative estimate of drug-likeness (QED) is 0.0250. The van der Waals surface area contributed by atoms with Crippen molar-refractivity contribution in [1.82, 2.24) is 0 Å².